The quantitative estimate of drug-likeness (QED) is 0.909. The lowest BCUT2D eigenvalue weighted by atomic mass is 9.89. The van der Waals surface area contributed by atoms with Crippen LogP contribution in [0.3, 0.4) is 0 Å². The van der Waals surface area contributed by atoms with Crippen LogP contribution in [0.2, 0.25) is 0 Å². The van der Waals surface area contributed by atoms with Crippen LogP contribution in [0.15, 0.2) is 18.2 Å². The minimum Gasteiger partial charge on any atom is -0.308 e. The summed E-state index contributed by atoms with van der Waals surface area (Å²) in [5.74, 6) is 0.899. The number of hydrogen-bond donors (Lipinski definition) is 1. The molecule has 2 unspecified atom stereocenters. The normalized spacial score (nSPS) is 30.6. The highest BCUT2D eigenvalue weighted by molar-refractivity contribution is 5.33. The van der Waals surface area contributed by atoms with Gasteiger partial charge < -0.3 is 5.32 Å². The van der Waals surface area contributed by atoms with Crippen LogP contribution in [0.1, 0.15) is 49.8 Å². The minimum atomic E-state index is 0.336. The van der Waals surface area contributed by atoms with E-state index in [4.69, 9.17) is 0 Å². The molecule has 21 heavy (non-hydrogen) atoms. The Morgan fingerprint density at radius 3 is 2.48 bits per heavy atom. The van der Waals surface area contributed by atoms with E-state index < -0.39 is 0 Å². The van der Waals surface area contributed by atoms with Gasteiger partial charge in [-0.3, -0.25) is 4.90 Å². The van der Waals surface area contributed by atoms with E-state index in [1.807, 2.05) is 0 Å². The number of aryl methyl sites for hydroxylation is 2. The zero-order valence-electron chi connectivity index (χ0n) is 14.1. The van der Waals surface area contributed by atoms with Gasteiger partial charge in [0.1, 0.15) is 0 Å². The number of nitrogens with one attached hydrogen (secondary N) is 1. The fourth-order valence-corrected chi connectivity index (χ4v) is 3.97. The van der Waals surface area contributed by atoms with Crippen LogP contribution in [0.5, 0.6) is 0 Å². The molecule has 2 nitrogen and oxygen atoms in total. The van der Waals surface area contributed by atoms with Crippen LogP contribution in [-0.2, 0) is 6.54 Å². The average Bonchev–Trinajstić information content (AvgIpc) is 3.28. The first kappa shape index (κ1) is 15.1. The highest BCUT2D eigenvalue weighted by Crippen LogP contribution is 2.41. The predicted molar refractivity (Wildman–Crippen MR) is 89.5 cm³/mol. The second-order valence-corrected chi connectivity index (χ2v) is 7.41. The SMILES string of the molecule is CCC1CNC(C)(C2CC2)CN1Cc1c(C)cccc1C. The molecule has 1 heterocycles. The van der Waals surface area contributed by atoms with Crippen LogP contribution in [0.25, 0.3) is 0 Å². The van der Waals surface area contributed by atoms with E-state index in [0.717, 1.165) is 19.0 Å². The Bertz CT molecular complexity index is 486. The number of benzene rings is 1. The smallest absolute Gasteiger partial charge is 0.0309 e. The molecule has 2 fully saturated rings. The molecule has 1 aliphatic heterocycles. The molecule has 1 saturated carbocycles. The first-order chi connectivity index (χ1) is 10.0. The summed E-state index contributed by atoms with van der Waals surface area (Å²) in [5, 5.41) is 3.86. The van der Waals surface area contributed by atoms with Gasteiger partial charge >= 0.3 is 0 Å². The molecular weight excluding hydrogens is 256 g/mol. The van der Waals surface area contributed by atoms with Crippen LogP contribution in [-0.4, -0.2) is 29.6 Å². The molecule has 1 saturated heterocycles. The van der Waals surface area contributed by atoms with Crippen molar-refractivity contribution in [2.75, 3.05) is 13.1 Å². The molecule has 1 aliphatic carbocycles. The lowest BCUT2D eigenvalue weighted by Crippen LogP contribution is -2.63. The molecule has 1 N–H and O–H groups in total. The van der Waals surface area contributed by atoms with E-state index in [1.165, 1.54) is 42.5 Å². The van der Waals surface area contributed by atoms with Crippen molar-refractivity contribution in [3.63, 3.8) is 0 Å². The summed E-state index contributed by atoms with van der Waals surface area (Å²) in [7, 11) is 0. The van der Waals surface area contributed by atoms with Crippen molar-refractivity contribution >= 4 is 0 Å². The van der Waals surface area contributed by atoms with Gasteiger partial charge in [-0.25, -0.2) is 0 Å². The van der Waals surface area contributed by atoms with Crippen molar-refractivity contribution in [2.45, 2.75) is 65.1 Å². The summed E-state index contributed by atoms with van der Waals surface area (Å²) in [4.78, 5) is 2.74. The van der Waals surface area contributed by atoms with Crippen molar-refractivity contribution in [3.05, 3.63) is 34.9 Å². The van der Waals surface area contributed by atoms with Gasteiger partial charge in [0.05, 0.1) is 0 Å². The molecule has 0 spiro atoms. The largest absolute Gasteiger partial charge is 0.308 e. The topological polar surface area (TPSA) is 15.3 Å². The van der Waals surface area contributed by atoms with Crippen molar-refractivity contribution in [3.8, 4) is 0 Å². The Labute approximate surface area is 129 Å². The van der Waals surface area contributed by atoms with Crippen LogP contribution < -0.4 is 5.32 Å². The lowest BCUT2D eigenvalue weighted by molar-refractivity contribution is 0.0663. The monoisotopic (exact) mass is 286 g/mol. The Kier molecular flexibility index (Phi) is 4.11. The zero-order valence-corrected chi connectivity index (χ0v) is 14.1. The molecule has 1 aromatic carbocycles. The van der Waals surface area contributed by atoms with E-state index in [0.29, 0.717) is 11.6 Å². The van der Waals surface area contributed by atoms with Gasteiger partial charge in [0.25, 0.3) is 0 Å². The summed E-state index contributed by atoms with van der Waals surface area (Å²) in [5.41, 5.74) is 4.76. The maximum atomic E-state index is 3.86. The Balaban J connectivity index is 1.80. The molecule has 0 amide bonds. The van der Waals surface area contributed by atoms with Crippen molar-refractivity contribution in [1.82, 2.24) is 10.2 Å². The third-order valence-electron chi connectivity index (χ3n) is 5.74. The maximum absolute atomic E-state index is 3.86. The number of nitrogens with zero attached hydrogens (tertiary/aromatic N) is 1. The zero-order chi connectivity index (χ0) is 15.0. The Morgan fingerprint density at radius 2 is 1.90 bits per heavy atom. The van der Waals surface area contributed by atoms with Gasteiger partial charge in [0, 0.05) is 31.2 Å². The molecule has 2 aliphatic rings. The summed E-state index contributed by atoms with van der Waals surface area (Å²) in [6.45, 7) is 12.7. The summed E-state index contributed by atoms with van der Waals surface area (Å²) < 4.78 is 0. The van der Waals surface area contributed by atoms with Gasteiger partial charge in [0.15, 0.2) is 0 Å². The molecule has 0 bridgehead atoms. The Hall–Kier alpha value is -0.860. The van der Waals surface area contributed by atoms with E-state index in [1.54, 1.807) is 0 Å². The molecule has 0 aromatic heterocycles. The average molecular weight is 286 g/mol. The van der Waals surface area contributed by atoms with Crippen LogP contribution in [0, 0.1) is 19.8 Å². The summed E-state index contributed by atoms with van der Waals surface area (Å²) in [6.07, 6.45) is 4.06. The molecule has 0 radical (unpaired) electrons. The second-order valence-electron chi connectivity index (χ2n) is 7.41. The van der Waals surface area contributed by atoms with Crippen LogP contribution >= 0.6 is 0 Å². The van der Waals surface area contributed by atoms with E-state index >= 15 is 0 Å². The van der Waals surface area contributed by atoms with E-state index in [2.05, 4.69) is 56.1 Å². The molecule has 116 valence electrons. The third-order valence-corrected chi connectivity index (χ3v) is 5.74. The fraction of sp³-hybridized carbons (Fsp3) is 0.684. The Morgan fingerprint density at radius 1 is 1.24 bits per heavy atom. The van der Waals surface area contributed by atoms with Gasteiger partial charge in [-0.05, 0) is 62.6 Å². The third kappa shape index (κ3) is 3.02. The first-order valence-electron chi connectivity index (χ1n) is 8.57. The number of hydrogen-bond acceptors (Lipinski definition) is 2. The molecule has 2 heteroatoms. The van der Waals surface area contributed by atoms with Crippen molar-refractivity contribution < 1.29 is 0 Å². The van der Waals surface area contributed by atoms with E-state index in [9.17, 15) is 0 Å². The molecule has 2 atom stereocenters. The number of rotatable bonds is 4. The summed E-state index contributed by atoms with van der Waals surface area (Å²) >= 11 is 0. The first-order valence-corrected chi connectivity index (χ1v) is 8.57. The summed E-state index contributed by atoms with van der Waals surface area (Å²) in [6, 6.07) is 7.37. The van der Waals surface area contributed by atoms with Gasteiger partial charge in [-0.1, -0.05) is 25.1 Å². The fourth-order valence-electron chi connectivity index (χ4n) is 3.97. The van der Waals surface area contributed by atoms with E-state index in [-0.39, 0.29) is 0 Å². The molecule has 1 aromatic rings. The number of piperazine rings is 1. The van der Waals surface area contributed by atoms with Gasteiger partial charge in [-0.15, -0.1) is 0 Å². The minimum absolute atomic E-state index is 0.336. The van der Waals surface area contributed by atoms with Gasteiger partial charge in [0.2, 0.25) is 0 Å². The van der Waals surface area contributed by atoms with Crippen molar-refractivity contribution in [1.29, 1.82) is 0 Å². The highest BCUT2D eigenvalue weighted by atomic mass is 15.3. The maximum Gasteiger partial charge on any atom is 0.0309 e. The van der Waals surface area contributed by atoms with Gasteiger partial charge in [-0.2, -0.15) is 0 Å². The molecule has 3 rings (SSSR count). The highest BCUT2D eigenvalue weighted by Gasteiger charge is 2.45. The van der Waals surface area contributed by atoms with Crippen molar-refractivity contribution in [2.24, 2.45) is 5.92 Å². The second kappa shape index (κ2) is 5.73. The molecular formula is C19H30N2. The lowest BCUT2D eigenvalue weighted by Gasteiger charge is -2.47. The predicted octanol–water partition coefficient (Wildman–Crippen LogP) is 3.66. The standard InChI is InChI=1S/C19H30N2/c1-5-17-11-20-19(4,16-9-10-16)13-21(17)12-18-14(2)7-6-8-15(18)3/h6-8,16-17,20H,5,9-13H2,1-4H3. The van der Waals surface area contributed by atoms with Crippen LogP contribution in [0.4, 0.5) is 0 Å².